The molecule has 0 aromatic heterocycles. The first-order valence-corrected chi connectivity index (χ1v) is 8.48. The van der Waals surface area contributed by atoms with Crippen molar-refractivity contribution in [3.8, 4) is 5.75 Å². The van der Waals surface area contributed by atoms with E-state index in [0.29, 0.717) is 6.61 Å². The maximum absolute atomic E-state index is 5.60. The molecule has 120 valence electrons. The van der Waals surface area contributed by atoms with Crippen molar-refractivity contribution in [1.82, 2.24) is 0 Å². The lowest BCUT2D eigenvalue weighted by atomic mass is 10.1. The standard InChI is InChI=1S/C20H24N2O/c1-2-23-20-9-5-4-8-19(20)21-16-17-10-12-18(13-11-17)22-14-6-3-7-15-22/h4-5,8-13,16H,2-3,6-7,14-15H2,1H3. The number of ether oxygens (including phenoxy) is 1. The van der Waals surface area contributed by atoms with Crippen molar-refractivity contribution in [3.05, 3.63) is 54.1 Å². The number of hydrogen-bond donors (Lipinski definition) is 0. The molecule has 0 bridgehead atoms. The summed E-state index contributed by atoms with van der Waals surface area (Å²) in [5, 5.41) is 0. The van der Waals surface area contributed by atoms with E-state index in [2.05, 4.69) is 34.2 Å². The van der Waals surface area contributed by atoms with Crippen LogP contribution in [-0.4, -0.2) is 25.9 Å². The molecule has 3 heteroatoms. The molecular formula is C20H24N2O. The van der Waals surface area contributed by atoms with E-state index in [1.165, 1.54) is 38.0 Å². The Labute approximate surface area is 138 Å². The smallest absolute Gasteiger partial charge is 0.144 e. The van der Waals surface area contributed by atoms with Gasteiger partial charge in [-0.15, -0.1) is 0 Å². The number of piperidine rings is 1. The molecule has 0 spiro atoms. The number of hydrogen-bond acceptors (Lipinski definition) is 3. The van der Waals surface area contributed by atoms with Crippen LogP contribution in [0.4, 0.5) is 11.4 Å². The van der Waals surface area contributed by atoms with Gasteiger partial charge in [0.05, 0.1) is 6.61 Å². The minimum Gasteiger partial charge on any atom is -0.492 e. The van der Waals surface area contributed by atoms with Gasteiger partial charge < -0.3 is 9.64 Å². The highest BCUT2D eigenvalue weighted by Crippen LogP contribution is 2.27. The Balaban J connectivity index is 1.70. The first-order chi connectivity index (χ1) is 11.4. The van der Waals surface area contributed by atoms with Crippen molar-refractivity contribution in [2.45, 2.75) is 26.2 Å². The summed E-state index contributed by atoms with van der Waals surface area (Å²) in [5.41, 5.74) is 3.29. The Morgan fingerprint density at radius 2 is 1.74 bits per heavy atom. The van der Waals surface area contributed by atoms with Crippen molar-refractivity contribution in [1.29, 1.82) is 0 Å². The van der Waals surface area contributed by atoms with Gasteiger partial charge in [-0.05, 0) is 56.0 Å². The van der Waals surface area contributed by atoms with Gasteiger partial charge in [0.1, 0.15) is 11.4 Å². The van der Waals surface area contributed by atoms with Gasteiger partial charge in [-0.2, -0.15) is 0 Å². The minimum absolute atomic E-state index is 0.650. The second-order valence-electron chi connectivity index (χ2n) is 5.80. The molecule has 0 atom stereocenters. The van der Waals surface area contributed by atoms with E-state index in [9.17, 15) is 0 Å². The minimum atomic E-state index is 0.650. The molecule has 1 aliphatic rings. The van der Waals surface area contributed by atoms with Crippen molar-refractivity contribution in [3.63, 3.8) is 0 Å². The van der Waals surface area contributed by atoms with Crippen LogP contribution >= 0.6 is 0 Å². The highest BCUT2D eigenvalue weighted by Gasteiger charge is 2.10. The highest BCUT2D eigenvalue weighted by atomic mass is 16.5. The Kier molecular flexibility index (Phi) is 5.30. The third-order valence-corrected chi connectivity index (χ3v) is 4.13. The molecule has 0 amide bonds. The van der Waals surface area contributed by atoms with Crippen molar-refractivity contribution in [2.75, 3.05) is 24.6 Å². The van der Waals surface area contributed by atoms with Crippen LogP contribution in [0.25, 0.3) is 0 Å². The van der Waals surface area contributed by atoms with Crippen molar-refractivity contribution < 1.29 is 4.74 Å². The summed E-state index contributed by atoms with van der Waals surface area (Å²) in [7, 11) is 0. The molecule has 1 fully saturated rings. The maximum atomic E-state index is 5.60. The Morgan fingerprint density at radius 1 is 1.00 bits per heavy atom. The second kappa shape index (κ2) is 7.82. The largest absolute Gasteiger partial charge is 0.492 e. The van der Waals surface area contributed by atoms with Gasteiger partial charge in [-0.1, -0.05) is 24.3 Å². The molecule has 3 rings (SSSR count). The molecule has 0 aliphatic carbocycles. The van der Waals surface area contributed by atoms with Crippen LogP contribution in [0.3, 0.4) is 0 Å². The topological polar surface area (TPSA) is 24.8 Å². The zero-order chi connectivity index (χ0) is 15.9. The summed E-state index contributed by atoms with van der Waals surface area (Å²) in [6, 6.07) is 16.5. The fraction of sp³-hybridized carbons (Fsp3) is 0.350. The molecule has 3 nitrogen and oxygen atoms in total. The van der Waals surface area contributed by atoms with Crippen LogP contribution in [0.2, 0.25) is 0 Å². The molecule has 0 radical (unpaired) electrons. The molecule has 2 aromatic carbocycles. The van der Waals surface area contributed by atoms with Crippen LogP contribution in [0.1, 0.15) is 31.7 Å². The lowest BCUT2D eigenvalue weighted by Gasteiger charge is -2.28. The predicted molar refractivity (Wildman–Crippen MR) is 97.4 cm³/mol. The summed E-state index contributed by atoms with van der Waals surface area (Å²) in [4.78, 5) is 7.04. The lowest BCUT2D eigenvalue weighted by molar-refractivity contribution is 0.341. The molecule has 1 aliphatic heterocycles. The zero-order valence-electron chi connectivity index (χ0n) is 13.7. The summed E-state index contributed by atoms with van der Waals surface area (Å²) in [5.74, 6) is 0.830. The third-order valence-electron chi connectivity index (χ3n) is 4.13. The molecule has 0 unspecified atom stereocenters. The summed E-state index contributed by atoms with van der Waals surface area (Å²) >= 11 is 0. The van der Waals surface area contributed by atoms with E-state index in [1.54, 1.807) is 0 Å². The van der Waals surface area contributed by atoms with E-state index in [0.717, 1.165) is 17.0 Å². The number of anilines is 1. The van der Waals surface area contributed by atoms with Gasteiger partial charge in [-0.25, -0.2) is 0 Å². The predicted octanol–water partition coefficient (Wildman–Crippen LogP) is 4.83. The fourth-order valence-corrected chi connectivity index (χ4v) is 2.91. The lowest BCUT2D eigenvalue weighted by Crippen LogP contribution is -2.29. The first-order valence-electron chi connectivity index (χ1n) is 8.48. The second-order valence-corrected chi connectivity index (χ2v) is 5.80. The summed E-state index contributed by atoms with van der Waals surface area (Å²) in [6.45, 7) is 4.99. The molecule has 23 heavy (non-hydrogen) atoms. The number of rotatable bonds is 5. The fourth-order valence-electron chi connectivity index (χ4n) is 2.91. The van der Waals surface area contributed by atoms with Gasteiger partial charge >= 0.3 is 0 Å². The molecular weight excluding hydrogens is 284 g/mol. The Bertz CT molecular complexity index is 643. The number of benzene rings is 2. The SMILES string of the molecule is CCOc1ccccc1N=Cc1ccc(N2CCCCC2)cc1. The van der Waals surface area contributed by atoms with E-state index >= 15 is 0 Å². The first kappa shape index (κ1) is 15.6. The van der Waals surface area contributed by atoms with Crippen LogP contribution in [-0.2, 0) is 0 Å². The van der Waals surface area contributed by atoms with Gasteiger partial charge in [0.2, 0.25) is 0 Å². The Hall–Kier alpha value is -2.29. The summed E-state index contributed by atoms with van der Waals surface area (Å²) in [6.07, 6.45) is 5.87. The maximum Gasteiger partial charge on any atom is 0.144 e. The van der Waals surface area contributed by atoms with Gasteiger partial charge in [0.15, 0.2) is 0 Å². The van der Waals surface area contributed by atoms with E-state index in [4.69, 9.17) is 4.74 Å². The quantitative estimate of drug-likeness (QED) is 0.739. The van der Waals surface area contributed by atoms with Crippen LogP contribution in [0.5, 0.6) is 5.75 Å². The molecule has 1 saturated heterocycles. The van der Waals surface area contributed by atoms with E-state index in [1.807, 2.05) is 37.4 Å². The zero-order valence-corrected chi connectivity index (χ0v) is 13.7. The normalized spacial score (nSPS) is 15.1. The molecule has 2 aromatic rings. The van der Waals surface area contributed by atoms with E-state index < -0.39 is 0 Å². The molecule has 0 saturated carbocycles. The monoisotopic (exact) mass is 308 g/mol. The average molecular weight is 308 g/mol. The Morgan fingerprint density at radius 3 is 2.48 bits per heavy atom. The molecule has 1 heterocycles. The van der Waals surface area contributed by atoms with Gasteiger partial charge in [0, 0.05) is 25.0 Å². The third kappa shape index (κ3) is 4.13. The number of para-hydroxylation sites is 2. The van der Waals surface area contributed by atoms with Crippen molar-refractivity contribution >= 4 is 17.6 Å². The van der Waals surface area contributed by atoms with E-state index in [-0.39, 0.29) is 0 Å². The summed E-state index contributed by atoms with van der Waals surface area (Å²) < 4.78 is 5.60. The van der Waals surface area contributed by atoms with Crippen LogP contribution in [0.15, 0.2) is 53.5 Å². The van der Waals surface area contributed by atoms with Crippen LogP contribution < -0.4 is 9.64 Å². The van der Waals surface area contributed by atoms with Crippen molar-refractivity contribution in [2.24, 2.45) is 4.99 Å². The van der Waals surface area contributed by atoms with Crippen LogP contribution in [0, 0.1) is 0 Å². The highest BCUT2D eigenvalue weighted by molar-refractivity contribution is 5.83. The van der Waals surface area contributed by atoms with Gasteiger partial charge in [-0.3, -0.25) is 4.99 Å². The number of nitrogens with zero attached hydrogens (tertiary/aromatic N) is 2. The average Bonchev–Trinajstić information content (AvgIpc) is 2.62. The number of aliphatic imine (C=N–C) groups is 1. The van der Waals surface area contributed by atoms with Gasteiger partial charge in [0.25, 0.3) is 0 Å². The molecule has 0 N–H and O–H groups in total.